The summed E-state index contributed by atoms with van der Waals surface area (Å²) in [5.41, 5.74) is 0.389. The van der Waals surface area contributed by atoms with E-state index in [1.807, 2.05) is 13.8 Å². The van der Waals surface area contributed by atoms with E-state index < -0.39 is 4.92 Å². The molecule has 0 unspecified atom stereocenters. The molecule has 0 bridgehead atoms. The Labute approximate surface area is 80.2 Å². The molecule has 13 heavy (non-hydrogen) atoms. The average Bonchev–Trinajstić information content (AvgIpc) is 2.30. The second kappa shape index (κ2) is 3.74. The third kappa shape index (κ3) is 2.18. The zero-order chi connectivity index (χ0) is 10.0. The standard InChI is InChI=1S/C7H10ClN3O2/c1-4(2)3-5-6(11(12)13)7(8)10-9-5/h4H,3H2,1-2H3,(H,9,10). The third-order valence-corrected chi connectivity index (χ3v) is 1.83. The molecule has 0 aromatic carbocycles. The number of aromatic nitrogens is 2. The van der Waals surface area contributed by atoms with Gasteiger partial charge < -0.3 is 0 Å². The highest BCUT2D eigenvalue weighted by Gasteiger charge is 2.22. The van der Waals surface area contributed by atoms with Gasteiger partial charge in [0.2, 0.25) is 5.15 Å². The number of halogens is 1. The summed E-state index contributed by atoms with van der Waals surface area (Å²) in [6, 6.07) is 0. The summed E-state index contributed by atoms with van der Waals surface area (Å²) < 4.78 is 0. The van der Waals surface area contributed by atoms with E-state index >= 15 is 0 Å². The van der Waals surface area contributed by atoms with E-state index in [9.17, 15) is 10.1 Å². The van der Waals surface area contributed by atoms with E-state index in [0.717, 1.165) is 0 Å². The predicted molar refractivity (Wildman–Crippen MR) is 48.8 cm³/mol. The van der Waals surface area contributed by atoms with Crippen molar-refractivity contribution in [3.05, 3.63) is 21.0 Å². The molecule has 1 aromatic rings. The molecular weight excluding hydrogens is 194 g/mol. The first-order chi connectivity index (χ1) is 6.02. The summed E-state index contributed by atoms with van der Waals surface area (Å²) in [7, 11) is 0. The molecule has 0 aliphatic carbocycles. The van der Waals surface area contributed by atoms with Crippen LogP contribution in [0.4, 0.5) is 5.69 Å². The van der Waals surface area contributed by atoms with E-state index in [1.165, 1.54) is 0 Å². The fourth-order valence-electron chi connectivity index (χ4n) is 1.08. The molecule has 0 atom stereocenters. The van der Waals surface area contributed by atoms with Crippen LogP contribution in [0.2, 0.25) is 5.15 Å². The van der Waals surface area contributed by atoms with Crippen molar-refractivity contribution in [3.8, 4) is 0 Å². The van der Waals surface area contributed by atoms with Crippen LogP contribution in [0.5, 0.6) is 0 Å². The van der Waals surface area contributed by atoms with Crippen molar-refractivity contribution >= 4 is 17.3 Å². The minimum Gasteiger partial charge on any atom is -0.274 e. The molecule has 0 saturated heterocycles. The van der Waals surface area contributed by atoms with Crippen LogP contribution in [0.3, 0.4) is 0 Å². The van der Waals surface area contributed by atoms with E-state index in [-0.39, 0.29) is 10.8 Å². The zero-order valence-corrected chi connectivity index (χ0v) is 8.13. The summed E-state index contributed by atoms with van der Waals surface area (Å²) in [6.07, 6.45) is 0.579. The normalized spacial score (nSPS) is 10.8. The fourth-order valence-corrected chi connectivity index (χ4v) is 1.31. The molecule has 1 heterocycles. The van der Waals surface area contributed by atoms with Crippen LogP contribution in [0.1, 0.15) is 19.5 Å². The molecule has 6 heteroatoms. The number of rotatable bonds is 3. The average molecular weight is 204 g/mol. The maximum Gasteiger partial charge on any atom is 0.328 e. The van der Waals surface area contributed by atoms with E-state index in [1.54, 1.807) is 0 Å². The second-order valence-corrected chi connectivity index (χ2v) is 3.55. The van der Waals surface area contributed by atoms with Crippen LogP contribution in [-0.2, 0) is 6.42 Å². The Balaban J connectivity index is 3.00. The van der Waals surface area contributed by atoms with Gasteiger partial charge in [-0.1, -0.05) is 25.4 Å². The van der Waals surface area contributed by atoms with Crippen LogP contribution in [0.15, 0.2) is 0 Å². The Morgan fingerprint density at radius 2 is 2.31 bits per heavy atom. The topological polar surface area (TPSA) is 71.8 Å². The van der Waals surface area contributed by atoms with Crippen molar-refractivity contribution in [2.75, 3.05) is 0 Å². The molecule has 1 N–H and O–H groups in total. The van der Waals surface area contributed by atoms with Crippen molar-refractivity contribution in [2.24, 2.45) is 5.92 Å². The summed E-state index contributed by atoms with van der Waals surface area (Å²) in [5, 5.41) is 16.6. The molecular formula is C7H10ClN3O2. The first-order valence-corrected chi connectivity index (χ1v) is 4.27. The number of nitro groups is 1. The van der Waals surface area contributed by atoms with E-state index in [4.69, 9.17) is 11.6 Å². The lowest BCUT2D eigenvalue weighted by atomic mass is 10.1. The molecule has 0 amide bonds. The minimum atomic E-state index is -0.510. The highest BCUT2D eigenvalue weighted by Crippen LogP contribution is 2.26. The minimum absolute atomic E-state index is 0.0688. The molecule has 0 saturated carbocycles. The molecule has 72 valence electrons. The Hall–Kier alpha value is -1.10. The van der Waals surface area contributed by atoms with Crippen molar-refractivity contribution in [3.63, 3.8) is 0 Å². The quantitative estimate of drug-likeness (QED) is 0.605. The van der Waals surface area contributed by atoms with Gasteiger partial charge in [-0.05, 0) is 12.3 Å². The number of aromatic amines is 1. The van der Waals surface area contributed by atoms with E-state index in [2.05, 4.69) is 10.2 Å². The van der Waals surface area contributed by atoms with Crippen molar-refractivity contribution < 1.29 is 4.92 Å². The number of nitrogens with one attached hydrogen (secondary N) is 1. The number of H-pyrrole nitrogens is 1. The molecule has 0 aliphatic heterocycles. The van der Waals surface area contributed by atoms with Gasteiger partial charge in [0.15, 0.2) is 0 Å². The van der Waals surface area contributed by atoms with Gasteiger partial charge in [0.05, 0.1) is 4.92 Å². The largest absolute Gasteiger partial charge is 0.328 e. The Kier molecular flexibility index (Phi) is 2.87. The first kappa shape index (κ1) is 9.98. The molecule has 0 aliphatic rings. The maximum absolute atomic E-state index is 10.5. The van der Waals surface area contributed by atoms with Gasteiger partial charge in [-0.3, -0.25) is 15.2 Å². The highest BCUT2D eigenvalue weighted by atomic mass is 35.5. The van der Waals surface area contributed by atoms with Gasteiger partial charge >= 0.3 is 5.69 Å². The summed E-state index contributed by atoms with van der Waals surface area (Å²) in [4.78, 5) is 10.0. The summed E-state index contributed by atoms with van der Waals surface area (Å²) in [5.74, 6) is 0.329. The monoisotopic (exact) mass is 203 g/mol. The smallest absolute Gasteiger partial charge is 0.274 e. The third-order valence-electron chi connectivity index (χ3n) is 1.57. The second-order valence-electron chi connectivity index (χ2n) is 3.20. The Morgan fingerprint density at radius 1 is 1.69 bits per heavy atom. The lowest BCUT2D eigenvalue weighted by molar-refractivity contribution is -0.385. The fraction of sp³-hybridized carbons (Fsp3) is 0.571. The summed E-state index contributed by atoms with van der Waals surface area (Å²) in [6.45, 7) is 3.94. The molecule has 1 rings (SSSR count). The Bertz CT molecular complexity index is 322. The lowest BCUT2D eigenvalue weighted by Gasteiger charge is -1.99. The maximum atomic E-state index is 10.5. The van der Waals surface area contributed by atoms with E-state index in [0.29, 0.717) is 18.0 Å². The number of hydrogen-bond acceptors (Lipinski definition) is 3. The van der Waals surface area contributed by atoms with Gasteiger partial charge in [0, 0.05) is 0 Å². The SMILES string of the molecule is CC(C)Cc1[nH]nc(Cl)c1[N+](=O)[O-]. The van der Waals surface area contributed by atoms with Crippen molar-refractivity contribution in [1.82, 2.24) is 10.2 Å². The van der Waals surface area contributed by atoms with Crippen LogP contribution in [-0.4, -0.2) is 15.1 Å². The molecule has 0 spiro atoms. The van der Waals surface area contributed by atoms with Crippen LogP contribution >= 0.6 is 11.6 Å². The van der Waals surface area contributed by atoms with Crippen LogP contribution in [0, 0.1) is 16.0 Å². The van der Waals surface area contributed by atoms with Gasteiger partial charge in [-0.15, -0.1) is 0 Å². The first-order valence-electron chi connectivity index (χ1n) is 3.89. The lowest BCUT2D eigenvalue weighted by Crippen LogP contribution is -1.98. The van der Waals surface area contributed by atoms with Crippen LogP contribution in [0.25, 0.3) is 0 Å². The van der Waals surface area contributed by atoms with Gasteiger partial charge in [0.25, 0.3) is 0 Å². The van der Waals surface area contributed by atoms with Crippen molar-refractivity contribution in [1.29, 1.82) is 0 Å². The van der Waals surface area contributed by atoms with Gasteiger partial charge in [0.1, 0.15) is 5.69 Å². The predicted octanol–water partition coefficient (Wildman–Crippen LogP) is 2.17. The Morgan fingerprint density at radius 3 is 2.77 bits per heavy atom. The molecule has 1 aromatic heterocycles. The number of hydrogen-bond donors (Lipinski definition) is 1. The molecule has 0 radical (unpaired) electrons. The van der Waals surface area contributed by atoms with Crippen LogP contribution < -0.4 is 0 Å². The molecule has 5 nitrogen and oxygen atoms in total. The molecule has 0 fully saturated rings. The summed E-state index contributed by atoms with van der Waals surface area (Å²) >= 11 is 5.54. The van der Waals surface area contributed by atoms with Gasteiger partial charge in [-0.25, -0.2) is 0 Å². The van der Waals surface area contributed by atoms with Crippen molar-refractivity contribution in [2.45, 2.75) is 20.3 Å². The van der Waals surface area contributed by atoms with Gasteiger partial charge in [-0.2, -0.15) is 5.10 Å². The zero-order valence-electron chi connectivity index (χ0n) is 7.37. The number of nitrogens with zero attached hydrogens (tertiary/aromatic N) is 2. The highest BCUT2D eigenvalue weighted by molar-refractivity contribution is 6.31.